The first-order valence-electron chi connectivity index (χ1n) is 17.0. The molecular weight excluding hydrogens is 602 g/mol. The van der Waals surface area contributed by atoms with Crippen molar-refractivity contribution in [2.75, 3.05) is 33.9 Å². The smallest absolute Gasteiger partial charge is 0.410 e. The van der Waals surface area contributed by atoms with E-state index in [2.05, 4.69) is 53.2 Å². The molecule has 1 aliphatic heterocycles. The second-order valence-corrected chi connectivity index (χ2v) is 13.8. The van der Waals surface area contributed by atoms with Gasteiger partial charge in [-0.05, 0) is 98.5 Å². The molecule has 0 atom stereocenters. The van der Waals surface area contributed by atoms with Crippen LogP contribution in [0, 0.1) is 0 Å². The summed E-state index contributed by atoms with van der Waals surface area (Å²) in [6.07, 6.45) is 5.16. The molecule has 6 rings (SSSR count). The number of fused-ring (bicyclic) bond motifs is 1. The zero-order valence-electron chi connectivity index (χ0n) is 28.8. The topological polar surface area (TPSA) is 73.2 Å². The molecule has 0 bridgehead atoms. The van der Waals surface area contributed by atoms with Crippen LogP contribution in [0.2, 0.25) is 0 Å². The first-order chi connectivity index (χ1) is 23.1. The number of ether oxygens (including phenoxy) is 3. The van der Waals surface area contributed by atoms with Crippen LogP contribution in [0.25, 0.3) is 27.6 Å². The Kier molecular flexibility index (Phi) is 9.92. The molecule has 2 heterocycles. The maximum Gasteiger partial charge on any atom is 0.410 e. The monoisotopic (exact) mass is 649 g/mol. The van der Waals surface area contributed by atoms with E-state index in [1.165, 1.54) is 0 Å². The maximum atomic E-state index is 14.9. The van der Waals surface area contributed by atoms with Gasteiger partial charge >= 0.3 is 6.09 Å². The van der Waals surface area contributed by atoms with Gasteiger partial charge in [0.25, 0.3) is 5.91 Å². The Balaban J connectivity index is 1.40. The number of para-hydroxylation sites is 1. The average molecular weight is 650 g/mol. The van der Waals surface area contributed by atoms with Crippen molar-refractivity contribution in [1.82, 2.24) is 14.4 Å². The van der Waals surface area contributed by atoms with E-state index in [1.807, 2.05) is 56.0 Å². The van der Waals surface area contributed by atoms with Gasteiger partial charge in [0.15, 0.2) is 0 Å². The summed E-state index contributed by atoms with van der Waals surface area (Å²) in [5, 5.41) is 1.15. The molecule has 252 valence electrons. The van der Waals surface area contributed by atoms with Crippen molar-refractivity contribution in [2.45, 2.75) is 71.2 Å². The van der Waals surface area contributed by atoms with Crippen LogP contribution in [-0.2, 0) is 27.4 Å². The van der Waals surface area contributed by atoms with Crippen LogP contribution in [0.5, 0.6) is 5.75 Å². The fraction of sp³-hybridized carbons (Fsp3) is 0.400. The fourth-order valence-electron chi connectivity index (χ4n) is 6.57. The summed E-state index contributed by atoms with van der Waals surface area (Å²) >= 11 is 0. The number of hydrogen-bond donors (Lipinski definition) is 0. The van der Waals surface area contributed by atoms with Crippen LogP contribution >= 0.6 is 0 Å². The first kappa shape index (κ1) is 33.3. The zero-order chi connectivity index (χ0) is 33.8. The highest BCUT2D eigenvalue weighted by atomic mass is 16.6. The Morgan fingerprint density at radius 1 is 0.917 bits per heavy atom. The summed E-state index contributed by atoms with van der Waals surface area (Å²) in [7, 11) is 3.39. The third-order valence-electron chi connectivity index (χ3n) is 9.06. The quantitative estimate of drug-likeness (QED) is 0.154. The highest BCUT2D eigenvalue weighted by molar-refractivity contribution is 6.03. The van der Waals surface area contributed by atoms with Crippen LogP contribution in [0.15, 0.2) is 84.6 Å². The minimum absolute atomic E-state index is 0.0268. The lowest BCUT2D eigenvalue weighted by Crippen LogP contribution is -2.44. The van der Waals surface area contributed by atoms with Crippen LogP contribution < -0.4 is 4.74 Å². The molecular formula is C40H47N3O5. The highest BCUT2D eigenvalue weighted by Crippen LogP contribution is 2.38. The lowest BCUT2D eigenvalue weighted by atomic mass is 9.90. The molecule has 0 spiro atoms. The largest absolute Gasteiger partial charge is 0.497 e. The number of nitrogens with zero attached hydrogens (tertiary/aromatic N) is 3. The second kappa shape index (κ2) is 14.3. The lowest BCUT2D eigenvalue weighted by molar-refractivity contribution is -0.128. The van der Waals surface area contributed by atoms with Crippen molar-refractivity contribution in [1.29, 1.82) is 0 Å². The summed E-state index contributed by atoms with van der Waals surface area (Å²) in [5.41, 5.74) is 6.24. The molecule has 1 aromatic heterocycles. The van der Waals surface area contributed by atoms with Crippen molar-refractivity contribution in [3.05, 3.63) is 95.7 Å². The van der Waals surface area contributed by atoms with Gasteiger partial charge in [-0.1, -0.05) is 48.5 Å². The van der Waals surface area contributed by atoms with Crippen molar-refractivity contribution >= 4 is 28.5 Å². The molecule has 0 unspecified atom stereocenters. The molecule has 0 radical (unpaired) electrons. The van der Waals surface area contributed by atoms with Crippen LogP contribution in [-0.4, -0.2) is 71.9 Å². The van der Waals surface area contributed by atoms with E-state index in [0.717, 1.165) is 70.3 Å². The van der Waals surface area contributed by atoms with E-state index < -0.39 is 11.7 Å². The molecule has 4 aromatic rings. The molecule has 0 N–H and O–H groups in total. The summed E-state index contributed by atoms with van der Waals surface area (Å²) in [6.45, 7) is 8.26. The number of aryl methyl sites for hydroxylation is 1. The minimum Gasteiger partial charge on any atom is -0.497 e. The third-order valence-corrected chi connectivity index (χ3v) is 9.06. The van der Waals surface area contributed by atoms with Gasteiger partial charge in [-0.2, -0.15) is 0 Å². The van der Waals surface area contributed by atoms with Crippen molar-refractivity contribution < 1.29 is 23.8 Å². The Morgan fingerprint density at radius 2 is 1.65 bits per heavy atom. The van der Waals surface area contributed by atoms with Crippen molar-refractivity contribution in [2.24, 2.45) is 0 Å². The SMILES string of the molecule is COCCCn1cc(CN(C(=O)C2=C(c3cc(OC)cc(-c4ccccc4)c3)CCN(C(=O)OC(C)(C)C)C2)C2CC2)c2ccccc21. The van der Waals surface area contributed by atoms with Crippen LogP contribution in [0.1, 0.15) is 57.6 Å². The molecule has 0 saturated heterocycles. The van der Waals surface area contributed by atoms with Crippen molar-refractivity contribution in [3.8, 4) is 16.9 Å². The van der Waals surface area contributed by atoms with E-state index in [1.54, 1.807) is 19.1 Å². The molecule has 2 amide bonds. The van der Waals surface area contributed by atoms with E-state index >= 15 is 0 Å². The van der Waals surface area contributed by atoms with Gasteiger partial charge in [-0.25, -0.2) is 4.79 Å². The summed E-state index contributed by atoms with van der Waals surface area (Å²) in [6, 6.07) is 24.9. The van der Waals surface area contributed by atoms with E-state index in [-0.39, 0.29) is 18.5 Å². The molecule has 1 fully saturated rings. The van der Waals surface area contributed by atoms with Crippen LogP contribution in [0.3, 0.4) is 0 Å². The summed E-state index contributed by atoms with van der Waals surface area (Å²) in [4.78, 5) is 32.0. The molecule has 8 nitrogen and oxygen atoms in total. The predicted octanol–water partition coefficient (Wildman–Crippen LogP) is 7.94. The number of methoxy groups -OCH3 is 2. The normalized spacial score (nSPS) is 15.1. The van der Waals surface area contributed by atoms with Crippen molar-refractivity contribution in [3.63, 3.8) is 0 Å². The van der Waals surface area contributed by atoms with Crippen LogP contribution in [0.4, 0.5) is 4.79 Å². The van der Waals surface area contributed by atoms with E-state index in [4.69, 9.17) is 14.2 Å². The summed E-state index contributed by atoms with van der Waals surface area (Å²) < 4.78 is 19.1. The summed E-state index contributed by atoms with van der Waals surface area (Å²) in [5.74, 6) is 0.696. The van der Waals surface area contributed by atoms with Gasteiger partial charge in [-0.15, -0.1) is 0 Å². The van der Waals surface area contributed by atoms with Gasteiger partial charge in [0.05, 0.1) is 13.7 Å². The highest BCUT2D eigenvalue weighted by Gasteiger charge is 2.38. The number of carbonyl (C=O) groups excluding carboxylic acids is 2. The standard InChI is InChI=1S/C40H47N3O5/c1-40(2,3)48-39(45)42-20-18-34(30-22-29(23-33(24-30)47-5)28-12-7-6-8-13-28)36(27-42)38(44)43(32-16-17-32)26-31-25-41(19-11-21-46-4)37-15-10-9-14-35(31)37/h6-10,12-15,22-25,32H,11,16-21,26-27H2,1-5H3. The molecule has 2 aliphatic rings. The van der Waals surface area contributed by atoms with Gasteiger partial charge in [0.1, 0.15) is 11.4 Å². The van der Waals surface area contributed by atoms with E-state index in [9.17, 15) is 9.59 Å². The number of benzene rings is 3. The second-order valence-electron chi connectivity index (χ2n) is 13.8. The molecule has 48 heavy (non-hydrogen) atoms. The zero-order valence-corrected chi connectivity index (χ0v) is 28.8. The Morgan fingerprint density at radius 3 is 2.35 bits per heavy atom. The molecule has 3 aromatic carbocycles. The number of carbonyl (C=O) groups is 2. The Hall–Kier alpha value is -4.56. The molecule has 1 aliphatic carbocycles. The Bertz CT molecular complexity index is 1800. The maximum absolute atomic E-state index is 14.9. The Labute approximate surface area is 283 Å². The fourth-order valence-corrected chi connectivity index (χ4v) is 6.57. The van der Waals surface area contributed by atoms with Gasteiger partial charge < -0.3 is 28.6 Å². The van der Waals surface area contributed by atoms with E-state index in [0.29, 0.717) is 31.7 Å². The molecule has 1 saturated carbocycles. The number of hydrogen-bond acceptors (Lipinski definition) is 5. The first-order valence-corrected chi connectivity index (χ1v) is 17.0. The van der Waals surface area contributed by atoms with Gasteiger partial charge in [-0.3, -0.25) is 4.79 Å². The minimum atomic E-state index is -0.639. The predicted molar refractivity (Wildman–Crippen MR) is 190 cm³/mol. The van der Waals surface area contributed by atoms with Gasteiger partial charge in [0, 0.05) is 62.1 Å². The third kappa shape index (κ3) is 7.60. The van der Waals surface area contributed by atoms with Gasteiger partial charge in [0.2, 0.25) is 0 Å². The lowest BCUT2D eigenvalue weighted by Gasteiger charge is -2.34. The number of amides is 2. The number of rotatable bonds is 11. The average Bonchev–Trinajstić information content (AvgIpc) is 3.88. The number of aromatic nitrogens is 1. The molecule has 8 heteroatoms.